The first-order valence-electron chi connectivity index (χ1n) is 0.570. The van der Waals surface area contributed by atoms with Crippen molar-refractivity contribution in [3.63, 3.8) is 0 Å². The van der Waals surface area contributed by atoms with Gasteiger partial charge in [0.1, 0.15) is 0 Å². The van der Waals surface area contributed by atoms with Crippen molar-refractivity contribution < 1.29 is -3.26 Å². The molecule has 0 saturated heterocycles. The molecule has 0 aromatic carbocycles. The summed E-state index contributed by atoms with van der Waals surface area (Å²) < 4.78 is -1.41. The summed E-state index contributed by atoms with van der Waals surface area (Å²) in [4.78, 5) is 0. The van der Waals surface area contributed by atoms with Gasteiger partial charge < -0.3 is 0 Å². The van der Waals surface area contributed by atoms with Gasteiger partial charge in [0.15, 0.2) is 0 Å². The zero-order valence-corrected chi connectivity index (χ0v) is 14.5. The normalized spacial score (nSPS) is 19.2. The van der Waals surface area contributed by atoms with Crippen LogP contribution in [0.2, 0.25) is 0 Å². The third-order valence-electron chi connectivity index (χ3n) is 0. The molecule has 6 heteroatoms. The van der Waals surface area contributed by atoms with Gasteiger partial charge in [-0.15, -0.1) is 0 Å². The average molecular weight is 742 g/mol. The summed E-state index contributed by atoms with van der Waals surface area (Å²) in [6.45, 7) is 0. The van der Waals surface area contributed by atoms with Gasteiger partial charge in [0, 0.05) is 0 Å². The van der Waals surface area contributed by atoms with Crippen LogP contribution < -0.4 is 0 Å². The van der Waals surface area contributed by atoms with E-state index in [9.17, 15) is 0 Å². The molecule has 0 aromatic rings. The van der Waals surface area contributed by atoms with E-state index in [2.05, 4.69) is 95.1 Å². The molecule has 0 aliphatic carbocycles. The van der Waals surface area contributed by atoms with Crippen molar-refractivity contribution in [2.75, 3.05) is 0 Å². The molecule has 0 atom stereocenters. The van der Waals surface area contributed by atoms with Gasteiger partial charge in [-0.1, -0.05) is 0 Å². The van der Waals surface area contributed by atoms with Gasteiger partial charge in [0.2, 0.25) is 0 Å². The van der Waals surface area contributed by atoms with Crippen LogP contribution in [0.5, 0.6) is 0 Å². The molecule has 0 aliphatic rings. The number of hydrogen-bond donors (Lipinski definition) is 0. The molecular weight excluding hydrogens is 742 g/mol. The fraction of sp³-hybridized carbons (Fsp3) is 0. The Hall–Kier alpha value is 4.39. The number of rotatable bonds is 0. The molecule has 0 radical (unpaired) electrons. The molecule has 0 heterocycles. The van der Waals surface area contributed by atoms with Crippen molar-refractivity contribution in [3.8, 4) is 0 Å². The zero-order valence-electron chi connectivity index (χ0n) is 2.19. The third-order valence-corrected chi connectivity index (χ3v) is 0. The van der Waals surface area contributed by atoms with E-state index in [0.717, 1.165) is 0 Å². The fourth-order valence-electron chi connectivity index (χ4n) is 0. The molecule has 0 aliphatic heterocycles. The van der Waals surface area contributed by atoms with Gasteiger partial charge in [-0.25, -0.2) is 0 Å². The van der Waals surface area contributed by atoms with Gasteiger partial charge in [0.25, 0.3) is 0 Å². The molecule has 0 amide bonds. The second-order valence-electron chi connectivity index (χ2n) is 0.431. The Morgan fingerprint density at radius 1 is 0.667 bits per heavy atom. The monoisotopic (exact) mass is 741 g/mol. The average Bonchev–Trinajstić information content (AvgIpc) is 0.650. The van der Waals surface area contributed by atoms with Gasteiger partial charge in [-0.2, -0.15) is 0 Å². The van der Waals surface area contributed by atoms with Crippen LogP contribution in [0, 0.1) is 0 Å². The molecule has 0 fully saturated rings. The second-order valence-corrected chi connectivity index (χ2v) is 115. The minimum atomic E-state index is -1.41. The van der Waals surface area contributed by atoms with E-state index in [0.29, 0.717) is 0 Å². The summed E-state index contributed by atoms with van der Waals surface area (Å²) in [5, 5.41) is 0. The van der Waals surface area contributed by atoms with Crippen molar-refractivity contribution in [1.82, 2.24) is 0 Å². The molecule has 6 heavy (non-hydrogen) atoms. The van der Waals surface area contributed by atoms with E-state index in [1.165, 1.54) is 0 Å². The van der Waals surface area contributed by atoms with E-state index in [-0.39, 0.29) is 0 Å². The van der Waals surface area contributed by atoms with E-state index in [1.54, 1.807) is 0 Å². The van der Waals surface area contributed by atoms with Crippen LogP contribution in [0.25, 0.3) is 0 Å². The summed E-state index contributed by atoms with van der Waals surface area (Å²) in [6.07, 6.45) is 0. The van der Waals surface area contributed by atoms with E-state index in [4.69, 9.17) is 0 Å². The van der Waals surface area contributed by atoms with Crippen molar-refractivity contribution in [2.45, 2.75) is 0 Å². The Balaban J connectivity index is 3.73. The van der Waals surface area contributed by atoms with Gasteiger partial charge in [-0.3, -0.25) is 0 Å². The maximum atomic E-state index is 2.51. The molecule has 0 saturated carbocycles. The number of hydrogen-bond acceptors (Lipinski definition) is 0. The van der Waals surface area contributed by atoms with E-state index >= 15 is 0 Å². The van der Waals surface area contributed by atoms with Gasteiger partial charge >= 0.3 is 91.8 Å². The first-order chi connectivity index (χ1) is 2.24. The Morgan fingerprint density at radius 2 is 0.667 bits per heavy atom. The molecule has 0 unspecified atom stereocenters. The van der Waals surface area contributed by atoms with E-state index in [1.807, 2.05) is 0 Å². The Bertz CT molecular complexity index is 37.1. The summed E-state index contributed by atoms with van der Waals surface area (Å²) >= 11 is 12.6. The molecule has 0 spiro atoms. The summed E-state index contributed by atoms with van der Waals surface area (Å²) in [6, 6.07) is 0. The fourth-order valence-corrected chi connectivity index (χ4v) is 0. The minimum absolute atomic E-state index is 1.41. The van der Waals surface area contributed by atoms with Crippen molar-refractivity contribution in [2.24, 2.45) is 0 Å². The molecule has 0 bridgehead atoms. The topological polar surface area (TPSA) is 0 Å². The van der Waals surface area contributed by atoms with Crippen LogP contribution in [0.1, 0.15) is 0 Å². The summed E-state index contributed by atoms with van der Waals surface area (Å²) in [7, 11) is 0. The summed E-state index contributed by atoms with van der Waals surface area (Å²) in [5.74, 6) is 0. The molecular formula is AgI5. The standard InChI is InChI=1S/Ag.5HI/h;5*1H/q+5;;;;;/p-5. The Labute approximate surface area is 88.3 Å². The zero-order chi connectivity index (χ0) is 5.45. The van der Waals surface area contributed by atoms with Gasteiger partial charge in [0.05, 0.1) is 0 Å². The summed E-state index contributed by atoms with van der Waals surface area (Å²) in [5.41, 5.74) is 0. The predicted octanol–water partition coefficient (Wildman–Crippen LogP) is 4.43. The van der Waals surface area contributed by atoms with Crippen molar-refractivity contribution in [3.05, 3.63) is 0 Å². The molecule has 0 N–H and O–H groups in total. The van der Waals surface area contributed by atoms with Crippen LogP contribution in [0.15, 0.2) is 0 Å². The van der Waals surface area contributed by atoms with Crippen molar-refractivity contribution >= 4 is 95.1 Å². The third kappa shape index (κ3) is 23.8. The number of halogens is 5. The predicted molar refractivity (Wildman–Crippen MR) is 70.1 cm³/mol. The van der Waals surface area contributed by atoms with Crippen LogP contribution in [0.4, 0.5) is 0 Å². The van der Waals surface area contributed by atoms with Crippen LogP contribution in [0.3, 0.4) is 0 Å². The Morgan fingerprint density at radius 3 is 0.667 bits per heavy atom. The van der Waals surface area contributed by atoms with Gasteiger partial charge in [-0.05, 0) is 0 Å². The van der Waals surface area contributed by atoms with E-state index < -0.39 is -3.26 Å². The molecule has 0 nitrogen and oxygen atoms in total. The molecule has 0 aromatic heterocycles. The SMILES string of the molecule is [I][Ag]([I])([I])([I])[I]. The van der Waals surface area contributed by atoms with Crippen LogP contribution in [-0.2, 0) is -3.26 Å². The molecule has 46 valence electrons. The molecule has 0 rings (SSSR count). The van der Waals surface area contributed by atoms with Crippen molar-refractivity contribution in [1.29, 1.82) is 0 Å². The first kappa shape index (κ1) is 10.4. The second kappa shape index (κ2) is 3.19. The van der Waals surface area contributed by atoms with Crippen LogP contribution in [-0.4, -0.2) is 0 Å². The maximum absolute atomic E-state index is 2.51. The first-order valence-corrected chi connectivity index (χ1v) is 22.6. The Kier molecular flexibility index (Phi) is 5.53. The van der Waals surface area contributed by atoms with Crippen LogP contribution >= 0.6 is 95.1 Å². The quantitative estimate of drug-likeness (QED) is 0.255.